The highest BCUT2D eigenvalue weighted by Gasteiger charge is 2.18. The lowest BCUT2D eigenvalue weighted by Gasteiger charge is -2.24. The number of anilines is 1. The lowest BCUT2D eigenvalue weighted by atomic mass is 10.1. The van der Waals surface area contributed by atoms with Crippen molar-refractivity contribution < 1.29 is 9.53 Å². The van der Waals surface area contributed by atoms with Crippen LogP contribution in [0.3, 0.4) is 0 Å². The van der Waals surface area contributed by atoms with Crippen LogP contribution in [0.5, 0.6) is 5.75 Å². The van der Waals surface area contributed by atoms with Crippen LogP contribution in [0.2, 0.25) is 0 Å². The zero-order valence-electron chi connectivity index (χ0n) is 17.5. The molecule has 4 nitrogen and oxygen atoms in total. The maximum atomic E-state index is 13.0. The summed E-state index contributed by atoms with van der Waals surface area (Å²) in [6.07, 6.45) is 2.48. The molecule has 0 radical (unpaired) electrons. The van der Waals surface area contributed by atoms with Gasteiger partial charge in [-0.05, 0) is 54.3 Å². The SMILES string of the molecule is CN(Cc1ccccc1N1CCCC1)C(=O)c1ccc(COc2ccccc2)cc1. The third-order valence-electron chi connectivity index (χ3n) is 5.54. The first kappa shape index (κ1) is 20.0. The third-order valence-corrected chi connectivity index (χ3v) is 5.54. The predicted molar refractivity (Wildman–Crippen MR) is 121 cm³/mol. The van der Waals surface area contributed by atoms with E-state index in [2.05, 4.69) is 29.2 Å². The molecule has 1 aliphatic heterocycles. The highest BCUT2D eigenvalue weighted by Crippen LogP contribution is 2.25. The molecule has 1 amide bonds. The summed E-state index contributed by atoms with van der Waals surface area (Å²) in [4.78, 5) is 17.2. The molecule has 0 saturated carbocycles. The van der Waals surface area contributed by atoms with Gasteiger partial charge in [0.05, 0.1) is 0 Å². The average Bonchev–Trinajstić information content (AvgIpc) is 3.33. The molecule has 30 heavy (non-hydrogen) atoms. The van der Waals surface area contributed by atoms with Gasteiger partial charge in [0, 0.05) is 37.9 Å². The third kappa shape index (κ3) is 4.82. The number of ether oxygens (including phenoxy) is 1. The van der Waals surface area contributed by atoms with E-state index in [4.69, 9.17) is 4.74 Å². The van der Waals surface area contributed by atoms with E-state index >= 15 is 0 Å². The summed E-state index contributed by atoms with van der Waals surface area (Å²) >= 11 is 0. The lowest BCUT2D eigenvalue weighted by Crippen LogP contribution is -2.28. The van der Waals surface area contributed by atoms with Crippen molar-refractivity contribution in [1.82, 2.24) is 4.90 Å². The number of benzene rings is 3. The first-order chi connectivity index (χ1) is 14.7. The Morgan fingerprint density at radius 2 is 1.57 bits per heavy atom. The van der Waals surface area contributed by atoms with Crippen molar-refractivity contribution in [2.45, 2.75) is 26.0 Å². The summed E-state index contributed by atoms with van der Waals surface area (Å²) < 4.78 is 5.78. The maximum Gasteiger partial charge on any atom is 0.253 e. The normalized spacial score (nSPS) is 13.3. The number of nitrogens with zero attached hydrogens (tertiary/aromatic N) is 2. The highest BCUT2D eigenvalue weighted by molar-refractivity contribution is 5.94. The van der Waals surface area contributed by atoms with E-state index in [-0.39, 0.29) is 5.91 Å². The minimum atomic E-state index is 0.0294. The van der Waals surface area contributed by atoms with Crippen molar-refractivity contribution in [3.8, 4) is 5.75 Å². The second-order valence-electron chi connectivity index (χ2n) is 7.78. The first-order valence-corrected chi connectivity index (χ1v) is 10.6. The molecule has 154 valence electrons. The molecule has 0 bridgehead atoms. The second kappa shape index (κ2) is 9.49. The van der Waals surface area contributed by atoms with Gasteiger partial charge < -0.3 is 14.5 Å². The molecule has 1 fully saturated rings. The largest absolute Gasteiger partial charge is 0.489 e. The van der Waals surface area contributed by atoms with Gasteiger partial charge in [-0.15, -0.1) is 0 Å². The number of amides is 1. The second-order valence-corrected chi connectivity index (χ2v) is 7.78. The fourth-order valence-electron chi connectivity index (χ4n) is 3.89. The van der Waals surface area contributed by atoms with E-state index in [9.17, 15) is 4.79 Å². The van der Waals surface area contributed by atoms with Crippen molar-refractivity contribution in [3.05, 3.63) is 95.6 Å². The number of hydrogen-bond acceptors (Lipinski definition) is 3. The van der Waals surface area contributed by atoms with Gasteiger partial charge in [0.1, 0.15) is 12.4 Å². The van der Waals surface area contributed by atoms with Crippen LogP contribution in [0, 0.1) is 0 Å². The highest BCUT2D eigenvalue weighted by atomic mass is 16.5. The van der Waals surface area contributed by atoms with E-state index in [1.165, 1.54) is 24.1 Å². The van der Waals surface area contributed by atoms with Crippen LogP contribution in [0.1, 0.15) is 34.3 Å². The van der Waals surface area contributed by atoms with Crippen molar-refractivity contribution >= 4 is 11.6 Å². The topological polar surface area (TPSA) is 32.8 Å². The Bertz CT molecular complexity index is 964. The standard InChI is InChI=1S/C26H28N2O2/c1-27(19-23-9-5-6-12-25(23)28-17-7-8-18-28)26(29)22-15-13-21(14-16-22)20-30-24-10-3-2-4-11-24/h2-6,9-16H,7-8,17-20H2,1H3. The number of carbonyl (C=O) groups excluding carboxylic acids is 1. The zero-order valence-corrected chi connectivity index (χ0v) is 17.5. The van der Waals surface area contributed by atoms with Crippen molar-refractivity contribution in [2.75, 3.05) is 25.0 Å². The average molecular weight is 401 g/mol. The lowest BCUT2D eigenvalue weighted by molar-refractivity contribution is 0.0785. The fraction of sp³-hybridized carbons (Fsp3) is 0.269. The Morgan fingerprint density at radius 3 is 2.30 bits per heavy atom. The zero-order chi connectivity index (χ0) is 20.8. The summed E-state index contributed by atoms with van der Waals surface area (Å²) in [6, 6.07) is 25.9. The predicted octanol–water partition coefficient (Wildman–Crippen LogP) is 5.14. The van der Waals surface area contributed by atoms with Crippen LogP contribution >= 0.6 is 0 Å². The van der Waals surface area contributed by atoms with Gasteiger partial charge in [-0.3, -0.25) is 4.79 Å². The molecule has 0 unspecified atom stereocenters. The molecule has 0 aromatic heterocycles. The molecule has 1 saturated heterocycles. The van der Waals surface area contributed by atoms with E-state index in [1.807, 2.05) is 61.6 Å². The Kier molecular flexibility index (Phi) is 6.33. The van der Waals surface area contributed by atoms with Gasteiger partial charge in [-0.2, -0.15) is 0 Å². The number of carbonyl (C=O) groups is 1. The van der Waals surface area contributed by atoms with Crippen molar-refractivity contribution in [3.63, 3.8) is 0 Å². The number of para-hydroxylation sites is 2. The van der Waals surface area contributed by atoms with Gasteiger partial charge >= 0.3 is 0 Å². The van der Waals surface area contributed by atoms with E-state index in [0.717, 1.165) is 24.4 Å². The number of hydrogen-bond donors (Lipinski definition) is 0. The molecule has 0 spiro atoms. The molecule has 0 aliphatic carbocycles. The summed E-state index contributed by atoms with van der Waals surface area (Å²) in [5.41, 5.74) is 4.18. The van der Waals surface area contributed by atoms with Gasteiger partial charge in [0.15, 0.2) is 0 Å². The Labute approximate surface area is 178 Å². The Hall–Kier alpha value is -3.27. The summed E-state index contributed by atoms with van der Waals surface area (Å²) in [5.74, 6) is 0.871. The quantitative estimate of drug-likeness (QED) is 0.551. The smallest absolute Gasteiger partial charge is 0.253 e. The molecule has 4 heteroatoms. The molecule has 1 heterocycles. The van der Waals surface area contributed by atoms with Crippen LogP contribution in [-0.4, -0.2) is 30.9 Å². The van der Waals surface area contributed by atoms with Gasteiger partial charge in [-0.1, -0.05) is 48.5 Å². The Morgan fingerprint density at radius 1 is 0.900 bits per heavy atom. The number of rotatable bonds is 7. The molecule has 3 aromatic rings. The molecular formula is C26H28N2O2. The summed E-state index contributed by atoms with van der Waals surface area (Å²) in [5, 5.41) is 0. The molecule has 0 atom stereocenters. The summed E-state index contributed by atoms with van der Waals surface area (Å²) in [6.45, 7) is 3.28. The van der Waals surface area contributed by atoms with Crippen molar-refractivity contribution in [2.24, 2.45) is 0 Å². The molecule has 3 aromatic carbocycles. The minimum Gasteiger partial charge on any atom is -0.489 e. The molecule has 1 aliphatic rings. The van der Waals surface area contributed by atoms with Crippen LogP contribution in [0.4, 0.5) is 5.69 Å². The Balaban J connectivity index is 1.38. The van der Waals surface area contributed by atoms with Crippen LogP contribution in [-0.2, 0) is 13.2 Å². The van der Waals surface area contributed by atoms with Crippen LogP contribution < -0.4 is 9.64 Å². The minimum absolute atomic E-state index is 0.0294. The van der Waals surface area contributed by atoms with Gasteiger partial charge in [-0.25, -0.2) is 0 Å². The van der Waals surface area contributed by atoms with E-state index in [1.54, 1.807) is 4.90 Å². The van der Waals surface area contributed by atoms with Gasteiger partial charge in [0.2, 0.25) is 0 Å². The first-order valence-electron chi connectivity index (χ1n) is 10.6. The van der Waals surface area contributed by atoms with E-state index in [0.29, 0.717) is 18.7 Å². The van der Waals surface area contributed by atoms with E-state index < -0.39 is 0 Å². The van der Waals surface area contributed by atoms with Crippen molar-refractivity contribution in [1.29, 1.82) is 0 Å². The summed E-state index contributed by atoms with van der Waals surface area (Å²) in [7, 11) is 1.87. The fourth-order valence-corrected chi connectivity index (χ4v) is 3.89. The van der Waals surface area contributed by atoms with Gasteiger partial charge in [0.25, 0.3) is 5.91 Å². The monoisotopic (exact) mass is 400 g/mol. The molecule has 0 N–H and O–H groups in total. The van der Waals surface area contributed by atoms with Crippen LogP contribution in [0.15, 0.2) is 78.9 Å². The van der Waals surface area contributed by atoms with Crippen LogP contribution in [0.25, 0.3) is 0 Å². The molecule has 4 rings (SSSR count). The maximum absolute atomic E-state index is 13.0. The molecular weight excluding hydrogens is 372 g/mol.